The first kappa shape index (κ1) is 30.9. The number of rotatable bonds is 10. The molecule has 3 aromatic carbocycles. The molecule has 1 aliphatic carbocycles. The number of carbonyl (C=O) groups is 2. The third-order valence-corrected chi connectivity index (χ3v) is 9.91. The van der Waals surface area contributed by atoms with Gasteiger partial charge in [-0.3, -0.25) is 13.9 Å². The van der Waals surface area contributed by atoms with Crippen LogP contribution in [0.2, 0.25) is 10.0 Å². The molecule has 1 N–H and O–H groups in total. The van der Waals surface area contributed by atoms with E-state index in [0.717, 1.165) is 42.0 Å². The molecular formula is C31H35Cl2N3O4S. The van der Waals surface area contributed by atoms with Gasteiger partial charge in [0.05, 0.1) is 10.6 Å². The third kappa shape index (κ3) is 7.61. The molecule has 1 unspecified atom stereocenters. The molecule has 0 bridgehead atoms. The van der Waals surface area contributed by atoms with Crippen LogP contribution in [-0.4, -0.2) is 43.8 Å². The molecule has 7 nitrogen and oxygen atoms in total. The van der Waals surface area contributed by atoms with E-state index in [-0.39, 0.29) is 23.4 Å². The summed E-state index contributed by atoms with van der Waals surface area (Å²) in [7, 11) is -4.12. The standard InChI is InChI=1S/C31H35Cl2N3O4S/c1-22-11-9-14-25(19-22)36(41(39,40)26-15-7-4-8-16-26)21-30(37)35(20-27-28(32)17-10-18-29(27)33)23(2)31(38)34-24-12-5-3-6-13-24/h4,7-11,14-19,23-24H,3,5-6,12-13,20-21H2,1-2H3,(H,34,38). The highest BCUT2D eigenvalue weighted by Crippen LogP contribution is 2.29. The van der Waals surface area contributed by atoms with Crippen molar-refractivity contribution < 1.29 is 18.0 Å². The van der Waals surface area contributed by atoms with Crippen LogP contribution in [0.3, 0.4) is 0 Å². The Morgan fingerprint density at radius 1 is 0.927 bits per heavy atom. The maximum absolute atomic E-state index is 14.1. The zero-order valence-corrected chi connectivity index (χ0v) is 25.6. The maximum atomic E-state index is 14.1. The van der Waals surface area contributed by atoms with Gasteiger partial charge in [-0.2, -0.15) is 0 Å². The van der Waals surface area contributed by atoms with Gasteiger partial charge in [0.1, 0.15) is 12.6 Å². The molecule has 10 heteroatoms. The third-order valence-electron chi connectivity index (χ3n) is 7.41. The van der Waals surface area contributed by atoms with E-state index in [9.17, 15) is 18.0 Å². The van der Waals surface area contributed by atoms with E-state index in [1.54, 1.807) is 61.5 Å². The summed E-state index contributed by atoms with van der Waals surface area (Å²) in [5, 5.41) is 3.79. The molecule has 4 rings (SSSR count). The number of nitrogens with one attached hydrogen (secondary N) is 1. The van der Waals surface area contributed by atoms with Crippen molar-refractivity contribution in [3.63, 3.8) is 0 Å². The van der Waals surface area contributed by atoms with Gasteiger partial charge in [-0.25, -0.2) is 8.42 Å². The zero-order valence-electron chi connectivity index (χ0n) is 23.2. The number of halogens is 2. The summed E-state index contributed by atoms with van der Waals surface area (Å²) in [6, 6.07) is 19.1. The van der Waals surface area contributed by atoms with Gasteiger partial charge in [0.2, 0.25) is 11.8 Å². The van der Waals surface area contributed by atoms with E-state index >= 15 is 0 Å². The monoisotopic (exact) mass is 615 g/mol. The number of hydrogen-bond donors (Lipinski definition) is 1. The Morgan fingerprint density at radius 3 is 2.20 bits per heavy atom. The predicted octanol–water partition coefficient (Wildman–Crippen LogP) is 6.36. The van der Waals surface area contributed by atoms with Crippen molar-refractivity contribution in [3.8, 4) is 0 Å². The second-order valence-electron chi connectivity index (χ2n) is 10.4. The smallest absolute Gasteiger partial charge is 0.264 e. The van der Waals surface area contributed by atoms with Crippen molar-refractivity contribution in [2.45, 2.75) is 69.5 Å². The normalized spacial score (nSPS) is 14.7. The number of hydrogen-bond acceptors (Lipinski definition) is 4. The van der Waals surface area contributed by atoms with Crippen LogP contribution < -0.4 is 9.62 Å². The van der Waals surface area contributed by atoms with Crippen molar-refractivity contribution in [2.24, 2.45) is 0 Å². The van der Waals surface area contributed by atoms with Gasteiger partial charge in [0, 0.05) is 28.2 Å². The highest BCUT2D eigenvalue weighted by molar-refractivity contribution is 7.92. The van der Waals surface area contributed by atoms with Crippen LogP contribution in [-0.2, 0) is 26.2 Å². The van der Waals surface area contributed by atoms with Crippen molar-refractivity contribution in [2.75, 3.05) is 10.8 Å². The van der Waals surface area contributed by atoms with Gasteiger partial charge in [0.15, 0.2) is 0 Å². The number of anilines is 1. The minimum absolute atomic E-state index is 0.0433. The lowest BCUT2D eigenvalue weighted by Gasteiger charge is -2.33. The Morgan fingerprint density at radius 2 is 1.56 bits per heavy atom. The van der Waals surface area contributed by atoms with Crippen molar-refractivity contribution in [1.29, 1.82) is 0 Å². The average molecular weight is 617 g/mol. The maximum Gasteiger partial charge on any atom is 0.264 e. The lowest BCUT2D eigenvalue weighted by Crippen LogP contribution is -2.53. The summed E-state index contributed by atoms with van der Waals surface area (Å²) in [4.78, 5) is 29.0. The quantitative estimate of drug-likeness (QED) is 0.287. The summed E-state index contributed by atoms with van der Waals surface area (Å²) < 4.78 is 28.8. The van der Waals surface area contributed by atoms with Crippen molar-refractivity contribution in [1.82, 2.24) is 10.2 Å². The highest BCUT2D eigenvalue weighted by Gasteiger charge is 2.33. The average Bonchev–Trinajstić information content (AvgIpc) is 2.96. The molecule has 2 amide bonds. The van der Waals surface area contributed by atoms with Crippen LogP contribution in [0.4, 0.5) is 5.69 Å². The Balaban J connectivity index is 1.70. The number of nitrogens with zero attached hydrogens (tertiary/aromatic N) is 2. The Labute approximate surface area is 252 Å². The molecule has 218 valence electrons. The number of aryl methyl sites for hydroxylation is 1. The van der Waals surface area contributed by atoms with E-state index in [1.807, 2.05) is 13.0 Å². The number of benzene rings is 3. The van der Waals surface area contributed by atoms with Gasteiger partial charge in [-0.1, -0.05) is 78.9 Å². The van der Waals surface area contributed by atoms with Crippen LogP contribution in [0.5, 0.6) is 0 Å². The molecule has 1 aliphatic rings. The summed E-state index contributed by atoms with van der Waals surface area (Å²) in [6.07, 6.45) is 5.00. The van der Waals surface area contributed by atoms with E-state index in [0.29, 0.717) is 21.3 Å². The molecule has 1 saturated carbocycles. The van der Waals surface area contributed by atoms with Crippen LogP contribution in [0, 0.1) is 6.92 Å². The van der Waals surface area contributed by atoms with E-state index in [1.165, 1.54) is 17.0 Å². The topological polar surface area (TPSA) is 86.8 Å². The molecule has 1 fully saturated rings. The highest BCUT2D eigenvalue weighted by atomic mass is 35.5. The van der Waals surface area contributed by atoms with Crippen molar-refractivity contribution in [3.05, 3.63) is 94.0 Å². The zero-order chi connectivity index (χ0) is 29.6. The molecule has 0 saturated heterocycles. The van der Waals surface area contributed by atoms with Crippen molar-refractivity contribution >= 4 is 50.7 Å². The minimum atomic E-state index is -4.12. The fourth-order valence-electron chi connectivity index (χ4n) is 5.04. The number of carbonyl (C=O) groups excluding carboxylic acids is 2. The summed E-state index contributed by atoms with van der Waals surface area (Å²) in [5.74, 6) is -0.866. The molecule has 3 aromatic rings. The van der Waals surface area contributed by atoms with E-state index < -0.39 is 28.5 Å². The lowest BCUT2D eigenvalue weighted by molar-refractivity contribution is -0.139. The molecule has 0 radical (unpaired) electrons. The largest absolute Gasteiger partial charge is 0.352 e. The molecule has 0 spiro atoms. The van der Waals surface area contributed by atoms with Crippen LogP contribution in [0.1, 0.15) is 50.2 Å². The minimum Gasteiger partial charge on any atom is -0.352 e. The van der Waals surface area contributed by atoms with Gasteiger partial charge in [0.25, 0.3) is 10.0 Å². The predicted molar refractivity (Wildman–Crippen MR) is 164 cm³/mol. The van der Waals surface area contributed by atoms with E-state index in [4.69, 9.17) is 23.2 Å². The van der Waals surface area contributed by atoms with Gasteiger partial charge in [-0.15, -0.1) is 0 Å². The molecule has 41 heavy (non-hydrogen) atoms. The second-order valence-corrected chi connectivity index (χ2v) is 13.1. The Hall–Kier alpha value is -3.07. The molecule has 0 aliphatic heterocycles. The van der Waals surface area contributed by atoms with Gasteiger partial charge < -0.3 is 10.2 Å². The van der Waals surface area contributed by atoms with Crippen LogP contribution in [0.15, 0.2) is 77.7 Å². The Kier molecular flexibility index (Phi) is 10.3. The van der Waals surface area contributed by atoms with Crippen LogP contribution in [0.25, 0.3) is 0 Å². The summed E-state index contributed by atoms with van der Waals surface area (Å²) in [5.41, 5.74) is 1.66. The summed E-state index contributed by atoms with van der Waals surface area (Å²) >= 11 is 12.9. The van der Waals surface area contributed by atoms with Crippen LogP contribution >= 0.6 is 23.2 Å². The number of sulfonamides is 1. The Bertz CT molecular complexity index is 1460. The molecule has 0 aromatic heterocycles. The van der Waals surface area contributed by atoms with E-state index in [2.05, 4.69) is 5.32 Å². The fourth-order valence-corrected chi connectivity index (χ4v) is 6.98. The van der Waals surface area contributed by atoms with Gasteiger partial charge in [-0.05, 0) is 68.7 Å². The first-order valence-corrected chi connectivity index (χ1v) is 15.9. The van der Waals surface area contributed by atoms with Gasteiger partial charge >= 0.3 is 0 Å². The first-order chi connectivity index (χ1) is 19.6. The molecule has 0 heterocycles. The first-order valence-electron chi connectivity index (χ1n) is 13.7. The lowest BCUT2D eigenvalue weighted by atomic mass is 9.95. The molecular weight excluding hydrogens is 581 g/mol. The molecule has 1 atom stereocenters. The second kappa shape index (κ2) is 13.7. The summed E-state index contributed by atoms with van der Waals surface area (Å²) in [6.45, 7) is 2.90. The fraction of sp³-hybridized carbons (Fsp3) is 0.355. The SMILES string of the molecule is Cc1cccc(N(CC(=O)N(Cc2c(Cl)cccc2Cl)C(C)C(=O)NC2CCCCC2)S(=O)(=O)c2ccccc2)c1. The number of amides is 2.